The van der Waals surface area contributed by atoms with Gasteiger partial charge >= 0.3 is 0 Å². The summed E-state index contributed by atoms with van der Waals surface area (Å²) in [5.41, 5.74) is 3.15. The zero-order valence-corrected chi connectivity index (χ0v) is 15.5. The van der Waals surface area contributed by atoms with Crippen LogP contribution in [0.2, 0.25) is 5.02 Å². The van der Waals surface area contributed by atoms with Crippen LogP contribution in [0.3, 0.4) is 0 Å². The van der Waals surface area contributed by atoms with E-state index in [1.165, 1.54) is 5.56 Å². The van der Waals surface area contributed by atoms with Crippen LogP contribution in [0.15, 0.2) is 70.5 Å². The topological polar surface area (TPSA) is 56.7 Å². The number of nitrogens with zero attached hydrogens (tertiary/aromatic N) is 4. The summed E-state index contributed by atoms with van der Waals surface area (Å²) in [6.45, 7) is 2.08. The summed E-state index contributed by atoms with van der Waals surface area (Å²) in [6, 6.07) is 15.5. The van der Waals surface area contributed by atoms with E-state index in [2.05, 4.69) is 38.8 Å². The normalized spacial score (nSPS) is 11.0. The third-order valence-corrected chi connectivity index (χ3v) is 5.07. The summed E-state index contributed by atoms with van der Waals surface area (Å²) < 4.78 is 7.82. The summed E-state index contributed by atoms with van der Waals surface area (Å²) in [5.74, 6) is 1.59. The standard InChI is InChI=1S/C19H15ClN4OS/c1-13-4-2-3-5-16(13)24-11-10-21-19(24)26-12-17-22-23-18(25-17)14-6-8-15(20)9-7-14/h2-11H,12H2,1H3. The Bertz CT molecular complexity index is 1030. The predicted octanol–water partition coefficient (Wildman–Crippen LogP) is 5.18. The fourth-order valence-electron chi connectivity index (χ4n) is 2.56. The number of thioether (sulfide) groups is 1. The Morgan fingerprint density at radius 1 is 1.08 bits per heavy atom. The summed E-state index contributed by atoms with van der Waals surface area (Å²) in [4.78, 5) is 4.44. The van der Waals surface area contributed by atoms with Crippen LogP contribution in [-0.2, 0) is 5.75 Å². The van der Waals surface area contributed by atoms with Crippen LogP contribution < -0.4 is 0 Å². The van der Waals surface area contributed by atoms with Gasteiger partial charge in [0, 0.05) is 23.0 Å². The molecule has 0 aliphatic carbocycles. The van der Waals surface area contributed by atoms with Crippen molar-refractivity contribution < 1.29 is 4.42 Å². The van der Waals surface area contributed by atoms with Gasteiger partial charge in [-0.05, 0) is 42.8 Å². The third-order valence-electron chi connectivity index (χ3n) is 3.86. The van der Waals surface area contributed by atoms with Gasteiger partial charge in [0.15, 0.2) is 5.16 Å². The lowest BCUT2D eigenvalue weighted by atomic mass is 10.2. The maximum Gasteiger partial charge on any atom is 0.247 e. The Labute approximate surface area is 160 Å². The second kappa shape index (κ2) is 7.35. The number of benzene rings is 2. The number of halogens is 1. The molecule has 0 fully saturated rings. The van der Waals surface area contributed by atoms with Crippen molar-refractivity contribution in [2.75, 3.05) is 0 Å². The molecule has 0 atom stereocenters. The molecule has 0 amide bonds. The lowest BCUT2D eigenvalue weighted by Crippen LogP contribution is -1.97. The van der Waals surface area contributed by atoms with E-state index < -0.39 is 0 Å². The van der Waals surface area contributed by atoms with Gasteiger partial charge in [-0.15, -0.1) is 10.2 Å². The average Bonchev–Trinajstić information content (AvgIpc) is 3.30. The van der Waals surface area contributed by atoms with Gasteiger partial charge in [-0.2, -0.15) is 0 Å². The first-order chi connectivity index (χ1) is 12.7. The van der Waals surface area contributed by atoms with Crippen molar-refractivity contribution >= 4 is 23.4 Å². The second-order valence-corrected chi connectivity index (χ2v) is 7.04. The van der Waals surface area contributed by atoms with Gasteiger partial charge in [-0.3, -0.25) is 4.57 Å². The highest BCUT2D eigenvalue weighted by molar-refractivity contribution is 7.98. The van der Waals surface area contributed by atoms with E-state index in [1.54, 1.807) is 30.1 Å². The molecule has 4 aromatic rings. The zero-order chi connectivity index (χ0) is 17.9. The number of imidazole rings is 1. The van der Waals surface area contributed by atoms with Gasteiger partial charge in [0.05, 0.1) is 11.4 Å². The Morgan fingerprint density at radius 2 is 1.88 bits per heavy atom. The number of hydrogen-bond donors (Lipinski definition) is 0. The second-order valence-electron chi connectivity index (χ2n) is 5.66. The maximum atomic E-state index is 5.91. The third kappa shape index (κ3) is 3.52. The minimum Gasteiger partial charge on any atom is -0.420 e. The molecule has 0 unspecified atom stereocenters. The Hall–Kier alpha value is -2.57. The van der Waals surface area contributed by atoms with E-state index in [9.17, 15) is 0 Å². The summed E-state index contributed by atoms with van der Waals surface area (Å²) >= 11 is 7.46. The first kappa shape index (κ1) is 16.9. The van der Waals surface area contributed by atoms with Crippen molar-refractivity contribution in [1.82, 2.24) is 19.7 Å². The van der Waals surface area contributed by atoms with Crippen LogP contribution in [0.5, 0.6) is 0 Å². The monoisotopic (exact) mass is 382 g/mol. The van der Waals surface area contributed by atoms with Gasteiger partial charge in [0.2, 0.25) is 11.8 Å². The number of para-hydroxylation sites is 1. The molecule has 0 saturated heterocycles. The number of rotatable bonds is 5. The molecule has 0 spiro atoms. The van der Waals surface area contributed by atoms with Gasteiger partial charge < -0.3 is 4.42 Å². The number of aromatic nitrogens is 4. The van der Waals surface area contributed by atoms with E-state index >= 15 is 0 Å². The summed E-state index contributed by atoms with van der Waals surface area (Å²) in [6.07, 6.45) is 3.75. The predicted molar refractivity (Wildman–Crippen MR) is 103 cm³/mol. The molecule has 130 valence electrons. The minimum absolute atomic E-state index is 0.486. The Morgan fingerprint density at radius 3 is 2.69 bits per heavy atom. The minimum atomic E-state index is 0.486. The van der Waals surface area contributed by atoms with E-state index in [4.69, 9.17) is 16.0 Å². The van der Waals surface area contributed by atoms with Crippen LogP contribution in [0.4, 0.5) is 0 Å². The lowest BCUT2D eigenvalue weighted by molar-refractivity contribution is 0.528. The highest BCUT2D eigenvalue weighted by atomic mass is 35.5. The molecule has 0 aliphatic heterocycles. The van der Waals surface area contributed by atoms with E-state index in [0.717, 1.165) is 16.4 Å². The number of hydrogen-bond acceptors (Lipinski definition) is 5. The molecular weight excluding hydrogens is 368 g/mol. The highest BCUT2D eigenvalue weighted by Gasteiger charge is 2.12. The molecule has 26 heavy (non-hydrogen) atoms. The largest absolute Gasteiger partial charge is 0.420 e. The molecule has 0 N–H and O–H groups in total. The molecular formula is C19H15ClN4OS. The first-order valence-corrected chi connectivity index (χ1v) is 9.37. The van der Waals surface area contributed by atoms with Gasteiger partial charge in [0.25, 0.3) is 0 Å². The van der Waals surface area contributed by atoms with Crippen molar-refractivity contribution in [3.63, 3.8) is 0 Å². The molecule has 2 aromatic heterocycles. The molecule has 0 radical (unpaired) electrons. The molecule has 0 bridgehead atoms. The van der Waals surface area contributed by atoms with Crippen LogP contribution in [-0.4, -0.2) is 19.7 Å². The SMILES string of the molecule is Cc1ccccc1-n1ccnc1SCc1nnc(-c2ccc(Cl)cc2)o1. The van der Waals surface area contributed by atoms with Crippen molar-refractivity contribution in [1.29, 1.82) is 0 Å². The van der Waals surface area contributed by atoms with Crippen molar-refractivity contribution in [3.8, 4) is 17.1 Å². The van der Waals surface area contributed by atoms with Gasteiger partial charge in [0.1, 0.15) is 0 Å². The summed E-state index contributed by atoms with van der Waals surface area (Å²) in [5, 5.41) is 9.79. The van der Waals surface area contributed by atoms with Gasteiger partial charge in [-0.25, -0.2) is 4.98 Å². The zero-order valence-electron chi connectivity index (χ0n) is 14.0. The Balaban J connectivity index is 1.50. The number of aryl methyl sites for hydroxylation is 1. The lowest BCUT2D eigenvalue weighted by Gasteiger charge is -2.09. The first-order valence-electron chi connectivity index (χ1n) is 8.01. The van der Waals surface area contributed by atoms with E-state index in [1.807, 2.05) is 30.5 Å². The fourth-order valence-corrected chi connectivity index (χ4v) is 3.49. The van der Waals surface area contributed by atoms with Crippen molar-refractivity contribution in [3.05, 3.63) is 77.4 Å². The summed E-state index contributed by atoms with van der Waals surface area (Å²) in [7, 11) is 0. The molecule has 2 aromatic carbocycles. The van der Waals surface area contributed by atoms with E-state index in [-0.39, 0.29) is 0 Å². The van der Waals surface area contributed by atoms with Crippen LogP contribution in [0.25, 0.3) is 17.1 Å². The molecule has 4 rings (SSSR count). The quantitative estimate of drug-likeness (QED) is 0.445. The van der Waals surface area contributed by atoms with E-state index in [0.29, 0.717) is 22.6 Å². The van der Waals surface area contributed by atoms with Crippen LogP contribution in [0.1, 0.15) is 11.5 Å². The smallest absolute Gasteiger partial charge is 0.247 e. The molecule has 7 heteroatoms. The molecule has 2 heterocycles. The molecule has 0 aliphatic rings. The maximum absolute atomic E-state index is 5.91. The van der Waals surface area contributed by atoms with Crippen LogP contribution >= 0.6 is 23.4 Å². The molecule has 0 saturated carbocycles. The Kier molecular flexibility index (Phi) is 4.77. The highest BCUT2D eigenvalue weighted by Crippen LogP contribution is 2.27. The van der Waals surface area contributed by atoms with Crippen LogP contribution in [0, 0.1) is 6.92 Å². The molecule has 5 nitrogen and oxygen atoms in total. The average molecular weight is 383 g/mol. The van der Waals surface area contributed by atoms with Crippen molar-refractivity contribution in [2.45, 2.75) is 17.8 Å². The van der Waals surface area contributed by atoms with Gasteiger partial charge in [-0.1, -0.05) is 41.6 Å². The van der Waals surface area contributed by atoms with Crippen molar-refractivity contribution in [2.24, 2.45) is 0 Å². The fraction of sp³-hybridized carbons (Fsp3) is 0.105.